The highest BCUT2D eigenvalue weighted by atomic mass is 19.1. The zero-order chi connectivity index (χ0) is 10.1. The van der Waals surface area contributed by atoms with E-state index in [1.165, 1.54) is 22.9 Å². The third-order valence-corrected chi connectivity index (χ3v) is 1.98. The number of aromatic hydroxyl groups is 1. The van der Waals surface area contributed by atoms with Gasteiger partial charge >= 0.3 is 0 Å². The summed E-state index contributed by atoms with van der Waals surface area (Å²) in [6, 6.07) is 7.59. The van der Waals surface area contributed by atoms with Crippen LogP contribution in [0.4, 0.5) is 4.39 Å². The van der Waals surface area contributed by atoms with E-state index in [1.54, 1.807) is 19.2 Å². The number of halogens is 1. The van der Waals surface area contributed by atoms with Gasteiger partial charge in [0.25, 0.3) is 0 Å². The van der Waals surface area contributed by atoms with Gasteiger partial charge in [-0.2, -0.15) is 5.10 Å². The van der Waals surface area contributed by atoms with Crippen LogP contribution in [0.25, 0.3) is 11.3 Å². The Labute approximate surface area is 80.4 Å². The Morgan fingerprint density at radius 1 is 1.36 bits per heavy atom. The summed E-state index contributed by atoms with van der Waals surface area (Å²) < 4.78 is 14.2. The number of aromatic nitrogens is 2. The van der Waals surface area contributed by atoms with Crippen molar-refractivity contribution in [3.8, 4) is 17.1 Å². The molecule has 0 aliphatic heterocycles. The van der Waals surface area contributed by atoms with E-state index in [0.29, 0.717) is 11.3 Å². The highest BCUT2D eigenvalue weighted by molar-refractivity contribution is 5.59. The molecule has 0 atom stereocenters. The van der Waals surface area contributed by atoms with Crippen LogP contribution in [0.1, 0.15) is 0 Å². The number of rotatable bonds is 1. The van der Waals surface area contributed by atoms with Gasteiger partial charge < -0.3 is 5.11 Å². The van der Waals surface area contributed by atoms with Gasteiger partial charge in [-0.05, 0) is 12.1 Å². The Bertz CT molecular complexity index is 445. The van der Waals surface area contributed by atoms with E-state index in [9.17, 15) is 9.50 Å². The Hall–Kier alpha value is -1.84. The van der Waals surface area contributed by atoms with Crippen LogP contribution in [-0.4, -0.2) is 14.9 Å². The summed E-state index contributed by atoms with van der Waals surface area (Å²) >= 11 is 0. The van der Waals surface area contributed by atoms with Gasteiger partial charge in [-0.25, -0.2) is 9.07 Å². The first kappa shape index (κ1) is 8.74. The predicted molar refractivity (Wildman–Crippen MR) is 50.3 cm³/mol. The van der Waals surface area contributed by atoms with Crippen LogP contribution >= 0.6 is 0 Å². The normalized spacial score (nSPS) is 10.4. The Balaban J connectivity index is 2.49. The molecule has 1 heterocycles. The van der Waals surface area contributed by atoms with E-state index in [4.69, 9.17) is 0 Å². The third-order valence-electron chi connectivity index (χ3n) is 1.98. The molecule has 0 radical (unpaired) electrons. The zero-order valence-corrected chi connectivity index (χ0v) is 7.61. The van der Waals surface area contributed by atoms with Gasteiger partial charge in [-0.3, -0.25) is 0 Å². The number of nitrogens with zero attached hydrogens (tertiary/aromatic N) is 2. The molecule has 0 aliphatic rings. The maximum absolute atomic E-state index is 12.9. The lowest BCUT2D eigenvalue weighted by atomic mass is 10.1. The first-order valence-electron chi connectivity index (χ1n) is 4.16. The second-order valence-electron chi connectivity index (χ2n) is 3.02. The summed E-state index contributed by atoms with van der Waals surface area (Å²) in [5.74, 6) is -0.253. The Morgan fingerprint density at radius 2 is 2.14 bits per heavy atom. The fraction of sp³-hybridized carbons (Fsp3) is 0.100. The molecule has 0 saturated carbocycles. The molecular weight excluding hydrogens is 183 g/mol. The maximum Gasteiger partial charge on any atom is 0.209 e. The van der Waals surface area contributed by atoms with Crippen molar-refractivity contribution in [2.75, 3.05) is 0 Å². The molecule has 1 aromatic carbocycles. The molecule has 1 aromatic heterocycles. The molecule has 0 fully saturated rings. The van der Waals surface area contributed by atoms with Crippen molar-refractivity contribution >= 4 is 0 Å². The SMILES string of the molecule is Cn1nc(-c2cccc(F)c2)cc1O. The first-order chi connectivity index (χ1) is 6.66. The lowest BCUT2D eigenvalue weighted by molar-refractivity contribution is 0.419. The lowest BCUT2D eigenvalue weighted by Crippen LogP contribution is -1.89. The number of aryl methyl sites for hydroxylation is 1. The second-order valence-corrected chi connectivity index (χ2v) is 3.02. The molecule has 1 N–H and O–H groups in total. The fourth-order valence-corrected chi connectivity index (χ4v) is 1.25. The van der Waals surface area contributed by atoms with Gasteiger partial charge in [0, 0.05) is 18.7 Å². The highest BCUT2D eigenvalue weighted by Gasteiger charge is 2.05. The third kappa shape index (κ3) is 1.46. The minimum atomic E-state index is -0.312. The summed E-state index contributed by atoms with van der Waals surface area (Å²) in [6.07, 6.45) is 0. The van der Waals surface area contributed by atoms with Gasteiger partial charge in [0.15, 0.2) is 0 Å². The summed E-state index contributed by atoms with van der Waals surface area (Å²) in [5.41, 5.74) is 1.21. The average Bonchev–Trinajstić information content (AvgIpc) is 2.47. The van der Waals surface area contributed by atoms with Crippen molar-refractivity contribution in [1.82, 2.24) is 9.78 Å². The van der Waals surface area contributed by atoms with Crippen molar-refractivity contribution in [3.63, 3.8) is 0 Å². The number of hydrogen-bond acceptors (Lipinski definition) is 2. The average molecular weight is 192 g/mol. The van der Waals surface area contributed by atoms with Gasteiger partial charge in [0.05, 0.1) is 5.69 Å². The van der Waals surface area contributed by atoms with Crippen LogP contribution in [0.2, 0.25) is 0 Å². The summed E-state index contributed by atoms with van der Waals surface area (Å²) in [5, 5.41) is 13.3. The van der Waals surface area contributed by atoms with Gasteiger partial charge in [0.1, 0.15) is 5.82 Å². The van der Waals surface area contributed by atoms with Gasteiger partial charge in [0.2, 0.25) is 5.88 Å². The summed E-state index contributed by atoms with van der Waals surface area (Å²) in [6.45, 7) is 0. The van der Waals surface area contributed by atoms with Crippen LogP contribution in [0, 0.1) is 5.82 Å². The predicted octanol–water partition coefficient (Wildman–Crippen LogP) is 1.93. The van der Waals surface area contributed by atoms with Crippen molar-refractivity contribution in [1.29, 1.82) is 0 Å². The van der Waals surface area contributed by atoms with E-state index in [2.05, 4.69) is 5.10 Å². The fourth-order valence-electron chi connectivity index (χ4n) is 1.25. The first-order valence-corrected chi connectivity index (χ1v) is 4.16. The van der Waals surface area contributed by atoms with Gasteiger partial charge in [-0.15, -0.1) is 0 Å². The molecule has 0 unspecified atom stereocenters. The van der Waals surface area contributed by atoms with Crippen LogP contribution in [0.3, 0.4) is 0 Å². The van der Waals surface area contributed by atoms with E-state index in [1.807, 2.05) is 0 Å². The van der Waals surface area contributed by atoms with Crippen LogP contribution in [0.5, 0.6) is 5.88 Å². The van der Waals surface area contributed by atoms with Crippen LogP contribution in [0.15, 0.2) is 30.3 Å². The second kappa shape index (κ2) is 3.14. The molecule has 4 heteroatoms. The molecule has 0 amide bonds. The Kier molecular flexibility index (Phi) is 1.96. The van der Waals surface area contributed by atoms with E-state index in [0.717, 1.165) is 0 Å². The molecule has 0 bridgehead atoms. The highest BCUT2D eigenvalue weighted by Crippen LogP contribution is 2.21. The lowest BCUT2D eigenvalue weighted by Gasteiger charge is -1.95. The summed E-state index contributed by atoms with van der Waals surface area (Å²) in [4.78, 5) is 0. The molecular formula is C10H9FN2O. The van der Waals surface area contributed by atoms with E-state index in [-0.39, 0.29) is 11.7 Å². The molecule has 2 aromatic rings. The maximum atomic E-state index is 12.9. The van der Waals surface area contributed by atoms with Crippen molar-refractivity contribution in [2.45, 2.75) is 0 Å². The quantitative estimate of drug-likeness (QED) is 0.749. The molecule has 0 saturated heterocycles. The Morgan fingerprint density at radius 3 is 2.71 bits per heavy atom. The molecule has 2 rings (SSSR count). The smallest absolute Gasteiger partial charge is 0.209 e. The monoisotopic (exact) mass is 192 g/mol. The molecule has 3 nitrogen and oxygen atoms in total. The number of benzene rings is 1. The van der Waals surface area contributed by atoms with Crippen molar-refractivity contribution in [2.24, 2.45) is 7.05 Å². The molecule has 0 spiro atoms. The van der Waals surface area contributed by atoms with Crippen LogP contribution < -0.4 is 0 Å². The largest absolute Gasteiger partial charge is 0.493 e. The van der Waals surface area contributed by atoms with E-state index >= 15 is 0 Å². The minimum Gasteiger partial charge on any atom is -0.493 e. The van der Waals surface area contributed by atoms with Crippen LogP contribution in [-0.2, 0) is 7.05 Å². The summed E-state index contributed by atoms with van der Waals surface area (Å²) in [7, 11) is 1.62. The molecule has 72 valence electrons. The van der Waals surface area contributed by atoms with Crippen molar-refractivity contribution < 1.29 is 9.50 Å². The standard InChI is InChI=1S/C10H9FN2O/c1-13-10(14)6-9(12-13)7-3-2-4-8(11)5-7/h2-6,14H,1H3. The van der Waals surface area contributed by atoms with E-state index < -0.39 is 0 Å². The molecule has 0 aliphatic carbocycles. The zero-order valence-electron chi connectivity index (χ0n) is 7.61. The van der Waals surface area contributed by atoms with Gasteiger partial charge in [-0.1, -0.05) is 12.1 Å². The van der Waals surface area contributed by atoms with Crippen molar-refractivity contribution in [3.05, 3.63) is 36.1 Å². The minimum absolute atomic E-state index is 0.0595. The number of hydrogen-bond donors (Lipinski definition) is 1. The topological polar surface area (TPSA) is 38.0 Å². The molecule has 14 heavy (non-hydrogen) atoms.